The Kier molecular flexibility index (Phi) is 2.45. The van der Waals surface area contributed by atoms with Gasteiger partial charge in [-0.2, -0.15) is 0 Å². The Labute approximate surface area is 101 Å². The van der Waals surface area contributed by atoms with E-state index < -0.39 is 6.10 Å². The minimum atomic E-state index is -0.446. The second-order valence-corrected chi connectivity index (χ2v) is 4.71. The summed E-state index contributed by atoms with van der Waals surface area (Å²) < 4.78 is 0. The van der Waals surface area contributed by atoms with Crippen molar-refractivity contribution in [3.05, 3.63) is 66.0 Å². The van der Waals surface area contributed by atoms with Gasteiger partial charge in [0.2, 0.25) is 0 Å². The van der Waals surface area contributed by atoms with E-state index in [0.29, 0.717) is 0 Å². The lowest BCUT2D eigenvalue weighted by Gasteiger charge is -2.22. The fraction of sp³-hybridized carbons (Fsp3) is 0.267. The van der Waals surface area contributed by atoms with Crippen molar-refractivity contribution in [1.82, 2.24) is 4.98 Å². The second-order valence-electron chi connectivity index (χ2n) is 4.71. The number of hydrogen-bond donors (Lipinski definition) is 1. The van der Waals surface area contributed by atoms with Gasteiger partial charge in [0, 0.05) is 17.8 Å². The quantitative estimate of drug-likeness (QED) is 0.871. The van der Waals surface area contributed by atoms with E-state index >= 15 is 0 Å². The average Bonchev–Trinajstić information content (AvgIpc) is 3.21. The Morgan fingerprint density at radius 2 is 1.82 bits per heavy atom. The third kappa shape index (κ3) is 1.75. The van der Waals surface area contributed by atoms with Crippen molar-refractivity contribution >= 4 is 0 Å². The summed E-state index contributed by atoms with van der Waals surface area (Å²) in [7, 11) is 0. The van der Waals surface area contributed by atoms with E-state index in [9.17, 15) is 5.11 Å². The normalized spacial score (nSPS) is 18.6. The van der Waals surface area contributed by atoms with Crippen LogP contribution in [0, 0.1) is 0 Å². The van der Waals surface area contributed by atoms with Gasteiger partial charge in [-0.15, -0.1) is 0 Å². The molecule has 3 rings (SSSR count). The molecule has 1 N–H and O–H groups in total. The van der Waals surface area contributed by atoms with Crippen molar-refractivity contribution in [3.8, 4) is 0 Å². The summed E-state index contributed by atoms with van der Waals surface area (Å²) in [6.45, 7) is 0. The fourth-order valence-corrected chi connectivity index (χ4v) is 2.48. The van der Waals surface area contributed by atoms with E-state index in [-0.39, 0.29) is 5.41 Å². The third-order valence-corrected chi connectivity index (χ3v) is 3.66. The molecule has 1 atom stereocenters. The summed E-state index contributed by atoms with van der Waals surface area (Å²) in [5.41, 5.74) is 2.06. The second kappa shape index (κ2) is 3.97. The van der Waals surface area contributed by atoms with Crippen LogP contribution < -0.4 is 0 Å². The van der Waals surface area contributed by atoms with E-state index in [1.54, 1.807) is 12.4 Å². The van der Waals surface area contributed by atoms with Crippen molar-refractivity contribution in [1.29, 1.82) is 0 Å². The van der Waals surface area contributed by atoms with Gasteiger partial charge in [-0.25, -0.2) is 0 Å². The van der Waals surface area contributed by atoms with Crippen molar-refractivity contribution in [3.63, 3.8) is 0 Å². The van der Waals surface area contributed by atoms with Crippen LogP contribution in [-0.2, 0) is 5.41 Å². The maximum absolute atomic E-state index is 10.5. The molecule has 1 saturated carbocycles. The highest BCUT2D eigenvalue weighted by Crippen LogP contribution is 2.56. The molecule has 1 aromatic heterocycles. The summed E-state index contributed by atoms with van der Waals surface area (Å²) >= 11 is 0. The van der Waals surface area contributed by atoms with Gasteiger partial charge in [0.25, 0.3) is 0 Å². The van der Waals surface area contributed by atoms with E-state index in [2.05, 4.69) is 17.1 Å². The predicted octanol–water partition coefficient (Wildman–Crippen LogP) is 2.85. The largest absolute Gasteiger partial charge is 0.387 e. The summed E-state index contributed by atoms with van der Waals surface area (Å²) in [5, 5.41) is 10.5. The zero-order valence-electron chi connectivity index (χ0n) is 9.58. The number of benzene rings is 1. The first kappa shape index (κ1) is 10.5. The highest BCUT2D eigenvalue weighted by atomic mass is 16.3. The molecule has 1 aromatic carbocycles. The maximum atomic E-state index is 10.5. The van der Waals surface area contributed by atoms with Crippen LogP contribution in [0.3, 0.4) is 0 Å². The Bertz CT molecular complexity index is 491. The van der Waals surface area contributed by atoms with Crippen LogP contribution in [0.1, 0.15) is 30.1 Å². The first-order chi connectivity index (χ1) is 8.33. The summed E-state index contributed by atoms with van der Waals surface area (Å²) in [6.07, 6.45) is 5.14. The highest BCUT2D eigenvalue weighted by Gasteiger charge is 2.50. The minimum absolute atomic E-state index is 0.0791. The van der Waals surface area contributed by atoms with E-state index in [4.69, 9.17) is 0 Å². The number of aliphatic hydroxyl groups is 1. The standard InChI is InChI=1S/C15H15NO/c17-14(12-5-4-10-16-11-12)15(8-9-15)13-6-2-1-3-7-13/h1-7,10-11,14,17H,8-9H2. The molecule has 0 aliphatic heterocycles. The van der Waals surface area contributed by atoms with Gasteiger partial charge < -0.3 is 5.11 Å². The Hall–Kier alpha value is -1.67. The molecule has 2 heteroatoms. The lowest BCUT2D eigenvalue weighted by atomic mass is 9.87. The van der Waals surface area contributed by atoms with Crippen LogP contribution in [0.5, 0.6) is 0 Å². The molecule has 0 spiro atoms. The summed E-state index contributed by atoms with van der Waals surface area (Å²) in [5.74, 6) is 0. The molecule has 1 aliphatic rings. The van der Waals surface area contributed by atoms with Crippen molar-refractivity contribution in [2.75, 3.05) is 0 Å². The van der Waals surface area contributed by atoms with Gasteiger partial charge in [0.1, 0.15) is 0 Å². The first-order valence-corrected chi connectivity index (χ1v) is 5.96. The molecule has 86 valence electrons. The van der Waals surface area contributed by atoms with Crippen molar-refractivity contribution in [2.45, 2.75) is 24.4 Å². The Morgan fingerprint density at radius 1 is 1.06 bits per heavy atom. The van der Waals surface area contributed by atoms with E-state index in [1.807, 2.05) is 30.3 Å². The average molecular weight is 225 g/mol. The van der Waals surface area contributed by atoms with Crippen LogP contribution in [0.15, 0.2) is 54.9 Å². The monoisotopic (exact) mass is 225 g/mol. The molecule has 1 aliphatic carbocycles. The number of rotatable bonds is 3. The molecule has 17 heavy (non-hydrogen) atoms. The Morgan fingerprint density at radius 3 is 2.41 bits per heavy atom. The SMILES string of the molecule is OC(c1cccnc1)C1(c2ccccc2)CC1. The van der Waals surface area contributed by atoms with Gasteiger partial charge in [0.15, 0.2) is 0 Å². The van der Waals surface area contributed by atoms with Gasteiger partial charge in [0.05, 0.1) is 6.10 Å². The molecule has 0 radical (unpaired) electrons. The van der Waals surface area contributed by atoms with Gasteiger partial charge in [-0.05, 0) is 30.0 Å². The predicted molar refractivity (Wildman–Crippen MR) is 66.6 cm³/mol. The van der Waals surface area contributed by atoms with Crippen molar-refractivity contribution < 1.29 is 5.11 Å². The molecule has 1 heterocycles. The topological polar surface area (TPSA) is 33.1 Å². The summed E-state index contributed by atoms with van der Waals surface area (Å²) in [6, 6.07) is 14.1. The van der Waals surface area contributed by atoms with E-state index in [1.165, 1.54) is 5.56 Å². The molecule has 2 aromatic rings. The zero-order chi connectivity index (χ0) is 11.7. The number of aliphatic hydroxyl groups excluding tert-OH is 1. The number of aromatic nitrogens is 1. The molecule has 2 nitrogen and oxygen atoms in total. The van der Waals surface area contributed by atoms with Crippen LogP contribution in [0.4, 0.5) is 0 Å². The summed E-state index contributed by atoms with van der Waals surface area (Å²) in [4.78, 5) is 4.08. The Balaban J connectivity index is 1.95. The maximum Gasteiger partial charge on any atom is 0.0901 e. The molecule has 0 amide bonds. The number of nitrogens with zero attached hydrogens (tertiary/aromatic N) is 1. The molecular weight excluding hydrogens is 210 g/mol. The van der Waals surface area contributed by atoms with Gasteiger partial charge in [-0.1, -0.05) is 36.4 Å². The molecule has 0 saturated heterocycles. The molecule has 1 unspecified atom stereocenters. The van der Waals surface area contributed by atoms with Gasteiger partial charge in [-0.3, -0.25) is 4.98 Å². The lowest BCUT2D eigenvalue weighted by Crippen LogP contribution is -2.18. The van der Waals surface area contributed by atoms with Crippen LogP contribution in [0.25, 0.3) is 0 Å². The number of pyridine rings is 1. The fourth-order valence-electron chi connectivity index (χ4n) is 2.48. The lowest BCUT2D eigenvalue weighted by molar-refractivity contribution is 0.132. The highest BCUT2D eigenvalue weighted by molar-refractivity contribution is 5.36. The van der Waals surface area contributed by atoms with Crippen LogP contribution in [0.2, 0.25) is 0 Å². The van der Waals surface area contributed by atoms with E-state index in [0.717, 1.165) is 18.4 Å². The number of hydrogen-bond acceptors (Lipinski definition) is 2. The van der Waals surface area contributed by atoms with Crippen molar-refractivity contribution in [2.24, 2.45) is 0 Å². The van der Waals surface area contributed by atoms with Crippen LogP contribution >= 0.6 is 0 Å². The molecular formula is C15H15NO. The zero-order valence-corrected chi connectivity index (χ0v) is 9.58. The third-order valence-electron chi connectivity index (χ3n) is 3.66. The smallest absolute Gasteiger partial charge is 0.0901 e. The molecule has 1 fully saturated rings. The van der Waals surface area contributed by atoms with Crippen LogP contribution in [-0.4, -0.2) is 10.1 Å². The van der Waals surface area contributed by atoms with Gasteiger partial charge >= 0.3 is 0 Å². The first-order valence-electron chi connectivity index (χ1n) is 5.96. The minimum Gasteiger partial charge on any atom is -0.387 e. The molecule has 0 bridgehead atoms.